The number of hydrogen-bond donors (Lipinski definition) is 3. The van der Waals surface area contributed by atoms with Crippen molar-refractivity contribution < 1.29 is 9.53 Å². The number of methoxy groups -OCH3 is 1. The zero-order chi connectivity index (χ0) is 14.5. The summed E-state index contributed by atoms with van der Waals surface area (Å²) in [4.78, 5) is 12.2. The quantitative estimate of drug-likeness (QED) is 0.791. The average Bonchev–Trinajstić information content (AvgIpc) is 2.82. The maximum atomic E-state index is 11.1. The van der Waals surface area contributed by atoms with Crippen molar-refractivity contribution >= 4 is 34.3 Å². The van der Waals surface area contributed by atoms with Crippen LogP contribution in [0, 0.1) is 0 Å². The Morgan fingerprint density at radius 3 is 2.80 bits per heavy atom. The largest absolute Gasteiger partial charge is 0.494 e. The van der Waals surface area contributed by atoms with E-state index < -0.39 is 0 Å². The first-order valence-electron chi connectivity index (χ1n) is 6.11. The van der Waals surface area contributed by atoms with Gasteiger partial charge in [0.1, 0.15) is 5.75 Å². The van der Waals surface area contributed by atoms with Gasteiger partial charge in [-0.15, -0.1) is 11.3 Å². The van der Waals surface area contributed by atoms with Gasteiger partial charge in [-0.1, -0.05) is 0 Å². The number of anilines is 3. The molecule has 2 rings (SSSR count). The van der Waals surface area contributed by atoms with Crippen LogP contribution in [0.5, 0.6) is 5.75 Å². The van der Waals surface area contributed by atoms with Crippen LogP contribution in [0.3, 0.4) is 0 Å². The zero-order valence-corrected chi connectivity index (χ0v) is 12.2. The highest BCUT2D eigenvalue weighted by molar-refractivity contribution is 7.10. The maximum Gasteiger partial charge on any atom is 0.221 e. The topological polar surface area (TPSA) is 76.4 Å². The van der Waals surface area contributed by atoms with Crippen molar-refractivity contribution in [1.29, 1.82) is 0 Å². The van der Waals surface area contributed by atoms with E-state index in [2.05, 4.69) is 10.6 Å². The van der Waals surface area contributed by atoms with Gasteiger partial charge in [-0.2, -0.15) is 0 Å². The molecule has 1 heterocycles. The highest BCUT2D eigenvalue weighted by Gasteiger charge is 2.06. The summed E-state index contributed by atoms with van der Waals surface area (Å²) in [6.45, 7) is 2.12. The predicted molar refractivity (Wildman–Crippen MR) is 83.4 cm³/mol. The molecule has 0 unspecified atom stereocenters. The van der Waals surface area contributed by atoms with Crippen LogP contribution in [-0.4, -0.2) is 13.0 Å². The molecule has 0 aliphatic carbocycles. The highest BCUT2D eigenvalue weighted by atomic mass is 32.1. The molecule has 1 aromatic carbocycles. The molecule has 0 aliphatic rings. The molecule has 0 spiro atoms. The Kier molecular flexibility index (Phi) is 4.47. The molecule has 0 saturated heterocycles. The lowest BCUT2D eigenvalue weighted by Gasteiger charge is -2.12. The zero-order valence-electron chi connectivity index (χ0n) is 11.4. The van der Waals surface area contributed by atoms with E-state index in [0.717, 1.165) is 16.3 Å². The summed E-state index contributed by atoms with van der Waals surface area (Å²) >= 11 is 1.61. The number of rotatable bonds is 5. The van der Waals surface area contributed by atoms with Crippen molar-refractivity contribution in [3.8, 4) is 5.75 Å². The Morgan fingerprint density at radius 2 is 2.20 bits per heavy atom. The monoisotopic (exact) mass is 291 g/mol. The van der Waals surface area contributed by atoms with Crippen LogP contribution in [0.2, 0.25) is 0 Å². The first-order chi connectivity index (χ1) is 9.60. The van der Waals surface area contributed by atoms with Crippen LogP contribution in [-0.2, 0) is 11.3 Å². The number of ether oxygens (including phenoxy) is 1. The molecule has 1 amide bonds. The Bertz CT molecular complexity index is 610. The molecular weight excluding hydrogens is 274 g/mol. The fourth-order valence-corrected chi connectivity index (χ4v) is 2.51. The summed E-state index contributed by atoms with van der Waals surface area (Å²) in [7, 11) is 1.57. The van der Waals surface area contributed by atoms with Crippen molar-refractivity contribution in [2.75, 3.05) is 23.5 Å². The van der Waals surface area contributed by atoms with Gasteiger partial charge in [-0.3, -0.25) is 4.79 Å². The lowest BCUT2D eigenvalue weighted by molar-refractivity contribution is -0.114. The summed E-state index contributed by atoms with van der Waals surface area (Å²) in [5, 5.41) is 7.97. The van der Waals surface area contributed by atoms with Crippen LogP contribution in [0.4, 0.5) is 17.1 Å². The van der Waals surface area contributed by atoms with E-state index in [9.17, 15) is 4.79 Å². The molecule has 0 aliphatic heterocycles. The van der Waals surface area contributed by atoms with E-state index in [-0.39, 0.29) is 5.91 Å². The van der Waals surface area contributed by atoms with Gasteiger partial charge in [-0.05, 0) is 23.6 Å². The van der Waals surface area contributed by atoms with Crippen LogP contribution in [0.1, 0.15) is 11.8 Å². The fraction of sp³-hybridized carbons (Fsp3) is 0.214. The van der Waals surface area contributed by atoms with E-state index in [1.807, 2.05) is 23.6 Å². The molecule has 4 N–H and O–H groups in total. The summed E-state index contributed by atoms with van der Waals surface area (Å²) < 4.78 is 5.27. The molecule has 6 heteroatoms. The molecular formula is C14H17N3O2S. The van der Waals surface area contributed by atoms with Crippen LogP contribution >= 0.6 is 11.3 Å². The van der Waals surface area contributed by atoms with E-state index in [4.69, 9.17) is 10.5 Å². The van der Waals surface area contributed by atoms with Crippen LogP contribution in [0.25, 0.3) is 0 Å². The number of nitrogens with two attached hydrogens (primary N) is 1. The third kappa shape index (κ3) is 3.42. The summed E-state index contributed by atoms with van der Waals surface area (Å²) in [5.41, 5.74) is 8.19. The van der Waals surface area contributed by atoms with E-state index in [0.29, 0.717) is 18.0 Å². The van der Waals surface area contributed by atoms with Gasteiger partial charge in [0.15, 0.2) is 0 Å². The first-order valence-corrected chi connectivity index (χ1v) is 6.99. The third-order valence-corrected chi connectivity index (χ3v) is 3.68. The standard InChI is InChI=1S/C14H17N3O2S/c1-9(18)17-12-4-3-10(7-13(12)19-2)16-8-14-11(15)5-6-20-14/h3-7,16H,8,15H2,1-2H3,(H,17,18). The summed E-state index contributed by atoms with van der Waals surface area (Å²) in [5.74, 6) is 0.486. The van der Waals surface area contributed by atoms with Crippen molar-refractivity contribution in [3.05, 3.63) is 34.5 Å². The second-order valence-electron chi connectivity index (χ2n) is 4.25. The van der Waals surface area contributed by atoms with Crippen LogP contribution < -0.4 is 21.1 Å². The maximum absolute atomic E-state index is 11.1. The number of carbonyl (C=O) groups is 1. The molecule has 0 fully saturated rings. The van der Waals surface area contributed by atoms with E-state index in [1.165, 1.54) is 6.92 Å². The van der Waals surface area contributed by atoms with Crippen LogP contribution in [0.15, 0.2) is 29.6 Å². The van der Waals surface area contributed by atoms with Gasteiger partial charge in [0.2, 0.25) is 5.91 Å². The van der Waals surface area contributed by atoms with E-state index >= 15 is 0 Å². The highest BCUT2D eigenvalue weighted by Crippen LogP contribution is 2.29. The molecule has 106 valence electrons. The van der Waals surface area contributed by atoms with Crippen molar-refractivity contribution in [1.82, 2.24) is 0 Å². The smallest absolute Gasteiger partial charge is 0.221 e. The third-order valence-electron chi connectivity index (χ3n) is 2.75. The SMILES string of the molecule is COc1cc(NCc2sccc2N)ccc1NC(C)=O. The van der Waals surface area contributed by atoms with Gasteiger partial charge in [0, 0.05) is 29.2 Å². The number of hydrogen-bond acceptors (Lipinski definition) is 5. The number of nitrogen functional groups attached to an aromatic ring is 1. The Morgan fingerprint density at radius 1 is 1.40 bits per heavy atom. The lowest BCUT2D eigenvalue weighted by Crippen LogP contribution is -2.07. The summed E-state index contributed by atoms with van der Waals surface area (Å²) in [6.07, 6.45) is 0. The van der Waals surface area contributed by atoms with Crippen molar-refractivity contribution in [2.45, 2.75) is 13.5 Å². The average molecular weight is 291 g/mol. The van der Waals surface area contributed by atoms with Gasteiger partial charge < -0.3 is 21.1 Å². The molecule has 1 aromatic heterocycles. The molecule has 0 radical (unpaired) electrons. The Hall–Kier alpha value is -2.21. The first kappa shape index (κ1) is 14.2. The van der Waals surface area contributed by atoms with Gasteiger partial charge in [0.05, 0.1) is 19.3 Å². The number of carbonyl (C=O) groups excluding carboxylic acids is 1. The number of thiophene rings is 1. The number of nitrogens with one attached hydrogen (secondary N) is 2. The molecule has 20 heavy (non-hydrogen) atoms. The Balaban J connectivity index is 2.09. The van der Waals surface area contributed by atoms with E-state index in [1.54, 1.807) is 24.5 Å². The molecule has 2 aromatic rings. The minimum atomic E-state index is -0.129. The molecule has 0 atom stereocenters. The molecule has 5 nitrogen and oxygen atoms in total. The van der Waals surface area contributed by atoms with Gasteiger partial charge in [-0.25, -0.2) is 0 Å². The minimum absolute atomic E-state index is 0.129. The predicted octanol–water partition coefficient (Wildman–Crippen LogP) is 2.91. The number of amides is 1. The fourth-order valence-electron chi connectivity index (χ4n) is 1.77. The second-order valence-corrected chi connectivity index (χ2v) is 5.25. The number of benzene rings is 1. The second kappa shape index (κ2) is 6.29. The summed E-state index contributed by atoms with van der Waals surface area (Å²) in [6, 6.07) is 7.43. The van der Waals surface area contributed by atoms with Crippen molar-refractivity contribution in [2.24, 2.45) is 0 Å². The Labute approximate surface area is 121 Å². The minimum Gasteiger partial charge on any atom is -0.494 e. The lowest BCUT2D eigenvalue weighted by atomic mass is 10.2. The molecule has 0 saturated carbocycles. The van der Waals surface area contributed by atoms with Crippen molar-refractivity contribution in [3.63, 3.8) is 0 Å². The van der Waals surface area contributed by atoms with Gasteiger partial charge in [0.25, 0.3) is 0 Å². The normalized spacial score (nSPS) is 10.1. The van der Waals surface area contributed by atoms with Gasteiger partial charge >= 0.3 is 0 Å². The molecule has 0 bridgehead atoms.